The van der Waals surface area contributed by atoms with Crippen LogP contribution in [0.4, 0.5) is 0 Å². The van der Waals surface area contributed by atoms with E-state index in [1.54, 1.807) is 36.5 Å². The van der Waals surface area contributed by atoms with Crippen LogP contribution in [-0.2, 0) is 9.53 Å². The Balaban J connectivity index is 3.11. The van der Waals surface area contributed by atoms with Crippen molar-refractivity contribution in [2.24, 2.45) is 0 Å². The first-order valence-electron chi connectivity index (χ1n) is 5.94. The molecule has 1 aromatic carbocycles. The lowest BCUT2D eigenvalue weighted by molar-refractivity contribution is -0.137. The van der Waals surface area contributed by atoms with E-state index >= 15 is 0 Å². The number of esters is 1. The fourth-order valence-corrected chi connectivity index (χ4v) is 2.63. The van der Waals surface area contributed by atoms with E-state index in [0.717, 1.165) is 15.4 Å². The van der Waals surface area contributed by atoms with Crippen molar-refractivity contribution < 1.29 is 9.53 Å². The van der Waals surface area contributed by atoms with Crippen LogP contribution in [0.15, 0.2) is 46.7 Å². The highest BCUT2D eigenvalue weighted by molar-refractivity contribution is 8.21. The van der Waals surface area contributed by atoms with E-state index in [4.69, 9.17) is 4.74 Å². The van der Waals surface area contributed by atoms with E-state index in [-0.39, 0.29) is 5.97 Å². The molecule has 4 heteroatoms. The van der Waals surface area contributed by atoms with Gasteiger partial charge >= 0.3 is 5.97 Å². The first-order chi connectivity index (χ1) is 9.21. The summed E-state index contributed by atoms with van der Waals surface area (Å²) in [7, 11) is 0. The summed E-state index contributed by atoms with van der Waals surface area (Å²) in [6.07, 6.45) is 7.61. The van der Waals surface area contributed by atoms with Gasteiger partial charge in [0.15, 0.2) is 0 Å². The number of carbonyl (C=O) groups excluding carboxylic acids is 1. The normalized spacial score (nSPS) is 11.0. The summed E-state index contributed by atoms with van der Waals surface area (Å²) in [5, 5.41) is 0. The number of benzene rings is 1. The first-order valence-corrected chi connectivity index (χ1v) is 8.39. The summed E-state index contributed by atoms with van der Waals surface area (Å²) in [4.78, 5) is 11.6. The summed E-state index contributed by atoms with van der Waals surface area (Å²) >= 11 is 3.33. The van der Waals surface area contributed by atoms with Crippen LogP contribution in [0.3, 0.4) is 0 Å². The Hall–Kier alpha value is -1.13. The molecule has 0 amide bonds. The van der Waals surface area contributed by atoms with Crippen LogP contribution in [0.5, 0.6) is 0 Å². The minimum atomic E-state index is -0.306. The SMILES string of the molecule is CCOC(=O)/C=C(\C=C(SC)SC)c1ccccc1. The second-order valence-electron chi connectivity index (χ2n) is 3.59. The number of carbonyl (C=O) groups is 1. The molecule has 1 rings (SSSR count). The highest BCUT2D eigenvalue weighted by Gasteiger charge is 2.04. The Morgan fingerprint density at radius 1 is 1.16 bits per heavy atom. The third kappa shape index (κ3) is 5.57. The number of rotatable bonds is 6. The van der Waals surface area contributed by atoms with E-state index < -0.39 is 0 Å². The van der Waals surface area contributed by atoms with Crippen molar-refractivity contribution in [1.82, 2.24) is 0 Å². The largest absolute Gasteiger partial charge is 0.463 e. The molecule has 0 aliphatic carbocycles. The third-order valence-corrected chi connectivity index (χ3v) is 4.38. The molecule has 1 aromatic rings. The predicted molar refractivity (Wildman–Crippen MR) is 86.2 cm³/mol. The van der Waals surface area contributed by atoms with Crippen molar-refractivity contribution in [1.29, 1.82) is 0 Å². The molecule has 0 unspecified atom stereocenters. The predicted octanol–water partition coefficient (Wildman–Crippen LogP) is 4.20. The zero-order chi connectivity index (χ0) is 14.1. The number of thioether (sulfide) groups is 2. The van der Waals surface area contributed by atoms with Crippen molar-refractivity contribution in [3.63, 3.8) is 0 Å². The van der Waals surface area contributed by atoms with Gasteiger partial charge in [0.05, 0.1) is 6.61 Å². The Labute approximate surface area is 123 Å². The zero-order valence-corrected chi connectivity index (χ0v) is 13.0. The molecule has 0 radical (unpaired) electrons. The van der Waals surface area contributed by atoms with Gasteiger partial charge in [-0.1, -0.05) is 30.3 Å². The maximum atomic E-state index is 11.6. The monoisotopic (exact) mass is 294 g/mol. The Morgan fingerprint density at radius 2 is 1.79 bits per heavy atom. The summed E-state index contributed by atoms with van der Waals surface area (Å²) < 4.78 is 6.14. The van der Waals surface area contributed by atoms with Gasteiger partial charge in [-0.25, -0.2) is 4.79 Å². The number of ether oxygens (including phenoxy) is 1. The van der Waals surface area contributed by atoms with Gasteiger partial charge in [0.1, 0.15) is 0 Å². The van der Waals surface area contributed by atoms with Crippen LogP contribution >= 0.6 is 23.5 Å². The van der Waals surface area contributed by atoms with Crippen molar-refractivity contribution in [3.05, 3.63) is 52.3 Å². The summed E-state index contributed by atoms with van der Waals surface area (Å²) in [6, 6.07) is 9.85. The van der Waals surface area contributed by atoms with E-state index in [9.17, 15) is 4.79 Å². The minimum absolute atomic E-state index is 0.306. The van der Waals surface area contributed by atoms with E-state index in [1.807, 2.05) is 48.9 Å². The number of allylic oxidation sites excluding steroid dienone is 2. The molecule has 0 fully saturated rings. The molecule has 0 N–H and O–H groups in total. The number of hydrogen-bond donors (Lipinski definition) is 0. The first kappa shape index (κ1) is 15.9. The molecule has 0 aromatic heterocycles. The lowest BCUT2D eigenvalue weighted by atomic mass is 10.1. The Kier molecular flexibility index (Phi) is 7.45. The second-order valence-corrected chi connectivity index (χ2v) is 5.54. The van der Waals surface area contributed by atoms with Gasteiger partial charge in [0.2, 0.25) is 0 Å². The lowest BCUT2D eigenvalue weighted by Crippen LogP contribution is -2.00. The van der Waals surface area contributed by atoms with Crippen molar-refractivity contribution in [3.8, 4) is 0 Å². The van der Waals surface area contributed by atoms with Crippen LogP contribution in [0.25, 0.3) is 5.57 Å². The van der Waals surface area contributed by atoms with Gasteiger partial charge in [-0.05, 0) is 36.6 Å². The van der Waals surface area contributed by atoms with Crippen LogP contribution in [0.1, 0.15) is 12.5 Å². The molecule has 19 heavy (non-hydrogen) atoms. The molecule has 0 bridgehead atoms. The lowest BCUT2D eigenvalue weighted by Gasteiger charge is -2.06. The summed E-state index contributed by atoms with van der Waals surface area (Å²) in [5.74, 6) is -0.306. The van der Waals surface area contributed by atoms with Crippen LogP contribution in [-0.4, -0.2) is 25.1 Å². The molecule has 0 atom stereocenters. The fraction of sp³-hybridized carbons (Fsp3) is 0.267. The van der Waals surface area contributed by atoms with E-state index in [1.165, 1.54) is 0 Å². The van der Waals surface area contributed by atoms with Crippen LogP contribution < -0.4 is 0 Å². The molecule has 0 aliphatic rings. The third-order valence-electron chi connectivity index (χ3n) is 2.34. The molecular weight excluding hydrogens is 276 g/mol. The molecular formula is C15H18O2S2. The molecule has 0 aliphatic heterocycles. The van der Waals surface area contributed by atoms with E-state index in [2.05, 4.69) is 0 Å². The maximum Gasteiger partial charge on any atom is 0.331 e. The number of hydrogen-bond acceptors (Lipinski definition) is 4. The van der Waals surface area contributed by atoms with Crippen molar-refractivity contribution in [2.45, 2.75) is 6.92 Å². The quantitative estimate of drug-likeness (QED) is 0.446. The molecule has 0 saturated heterocycles. The van der Waals surface area contributed by atoms with Crippen molar-refractivity contribution in [2.75, 3.05) is 19.1 Å². The van der Waals surface area contributed by atoms with Gasteiger partial charge < -0.3 is 4.74 Å². The van der Waals surface area contributed by atoms with Crippen LogP contribution in [0, 0.1) is 0 Å². The van der Waals surface area contributed by atoms with Crippen molar-refractivity contribution >= 4 is 35.1 Å². The van der Waals surface area contributed by atoms with Gasteiger partial charge in [0, 0.05) is 10.3 Å². The maximum absolute atomic E-state index is 11.6. The smallest absolute Gasteiger partial charge is 0.331 e. The summed E-state index contributed by atoms with van der Waals surface area (Å²) in [5.41, 5.74) is 1.88. The zero-order valence-electron chi connectivity index (χ0n) is 11.4. The molecule has 0 spiro atoms. The average molecular weight is 294 g/mol. The van der Waals surface area contributed by atoms with Gasteiger partial charge in [-0.15, -0.1) is 23.5 Å². The summed E-state index contributed by atoms with van der Waals surface area (Å²) in [6.45, 7) is 2.19. The second kappa shape index (κ2) is 8.88. The highest BCUT2D eigenvalue weighted by atomic mass is 32.2. The Morgan fingerprint density at radius 3 is 2.32 bits per heavy atom. The van der Waals surface area contributed by atoms with Gasteiger partial charge in [0.25, 0.3) is 0 Å². The topological polar surface area (TPSA) is 26.3 Å². The van der Waals surface area contributed by atoms with Crippen LogP contribution in [0.2, 0.25) is 0 Å². The molecule has 2 nitrogen and oxygen atoms in total. The van der Waals surface area contributed by atoms with E-state index in [0.29, 0.717) is 6.61 Å². The average Bonchev–Trinajstić information content (AvgIpc) is 2.44. The molecule has 0 saturated carbocycles. The van der Waals surface area contributed by atoms with Gasteiger partial charge in [-0.3, -0.25) is 0 Å². The Bertz CT molecular complexity index is 458. The standard InChI is InChI=1S/C15H18O2S2/c1-4-17-14(16)10-13(11-15(18-2)19-3)12-8-6-5-7-9-12/h5-11H,4H2,1-3H3/b13-10+. The molecule has 102 valence electrons. The minimum Gasteiger partial charge on any atom is -0.463 e. The fourth-order valence-electron chi connectivity index (χ4n) is 1.48. The highest BCUT2D eigenvalue weighted by Crippen LogP contribution is 2.28. The molecule has 0 heterocycles. The van der Waals surface area contributed by atoms with Gasteiger partial charge in [-0.2, -0.15) is 0 Å².